The van der Waals surface area contributed by atoms with Gasteiger partial charge in [0.2, 0.25) is 5.95 Å². The first-order valence-corrected chi connectivity index (χ1v) is 8.19. The summed E-state index contributed by atoms with van der Waals surface area (Å²) in [5.41, 5.74) is 3.52. The van der Waals surface area contributed by atoms with Gasteiger partial charge in [0.25, 0.3) is 0 Å². The van der Waals surface area contributed by atoms with Crippen LogP contribution in [0.1, 0.15) is 30.9 Å². The predicted octanol–water partition coefficient (Wildman–Crippen LogP) is 4.96. The molecule has 4 nitrogen and oxygen atoms in total. The van der Waals surface area contributed by atoms with Gasteiger partial charge in [-0.3, -0.25) is 0 Å². The zero-order chi connectivity index (χ0) is 16.8. The molecule has 2 N–H and O–H groups in total. The third-order valence-corrected chi connectivity index (χ3v) is 3.80. The average Bonchev–Trinajstić information content (AvgIpc) is 2.61. The Morgan fingerprint density at radius 1 is 0.917 bits per heavy atom. The molecule has 1 heterocycles. The molecule has 122 valence electrons. The third kappa shape index (κ3) is 4.10. The first-order chi connectivity index (χ1) is 11.7. The molecule has 0 saturated carbocycles. The molecule has 0 fully saturated rings. The Labute approximate surface area is 143 Å². The van der Waals surface area contributed by atoms with E-state index in [4.69, 9.17) is 0 Å². The molecule has 0 bridgehead atoms. The summed E-state index contributed by atoms with van der Waals surface area (Å²) in [4.78, 5) is 8.88. The van der Waals surface area contributed by atoms with Gasteiger partial charge >= 0.3 is 0 Å². The summed E-state index contributed by atoms with van der Waals surface area (Å²) in [6, 6.07) is 20.4. The van der Waals surface area contributed by atoms with Crippen molar-refractivity contribution in [2.75, 3.05) is 10.6 Å². The van der Waals surface area contributed by atoms with Crippen LogP contribution in [0.3, 0.4) is 0 Å². The lowest BCUT2D eigenvalue weighted by Gasteiger charge is -2.14. The lowest BCUT2D eigenvalue weighted by molar-refractivity contribution is 0.868. The van der Waals surface area contributed by atoms with Crippen LogP contribution < -0.4 is 10.6 Å². The lowest BCUT2D eigenvalue weighted by Crippen LogP contribution is -2.05. The van der Waals surface area contributed by atoms with Gasteiger partial charge in [-0.1, -0.05) is 62.4 Å². The second-order valence-corrected chi connectivity index (χ2v) is 5.97. The minimum atomic E-state index is 0.438. The Morgan fingerprint density at radius 2 is 1.67 bits per heavy atom. The Hall–Kier alpha value is -2.88. The van der Waals surface area contributed by atoms with E-state index in [9.17, 15) is 0 Å². The minimum absolute atomic E-state index is 0.438. The van der Waals surface area contributed by atoms with Gasteiger partial charge < -0.3 is 10.6 Å². The monoisotopic (exact) mass is 318 g/mol. The van der Waals surface area contributed by atoms with E-state index in [-0.39, 0.29) is 0 Å². The van der Waals surface area contributed by atoms with Gasteiger partial charge in [0.15, 0.2) is 0 Å². The molecule has 0 spiro atoms. The third-order valence-electron chi connectivity index (χ3n) is 3.80. The zero-order valence-corrected chi connectivity index (χ0v) is 14.0. The van der Waals surface area contributed by atoms with E-state index in [1.807, 2.05) is 30.3 Å². The molecule has 3 aromatic rings. The molecule has 0 radical (unpaired) electrons. The highest BCUT2D eigenvalue weighted by molar-refractivity contribution is 5.60. The Morgan fingerprint density at radius 3 is 2.46 bits per heavy atom. The first-order valence-electron chi connectivity index (χ1n) is 8.19. The molecule has 0 aliphatic carbocycles. The van der Waals surface area contributed by atoms with Crippen molar-refractivity contribution in [2.24, 2.45) is 0 Å². The first kappa shape index (κ1) is 16.0. The quantitative estimate of drug-likeness (QED) is 0.675. The van der Waals surface area contributed by atoms with Crippen LogP contribution >= 0.6 is 0 Å². The van der Waals surface area contributed by atoms with Crippen LogP contribution in [0.5, 0.6) is 0 Å². The number of benzene rings is 2. The summed E-state index contributed by atoms with van der Waals surface area (Å²) in [7, 11) is 0. The Kier molecular flexibility index (Phi) is 5.06. The van der Waals surface area contributed by atoms with Crippen LogP contribution in [-0.4, -0.2) is 9.97 Å². The predicted molar refractivity (Wildman–Crippen MR) is 99.6 cm³/mol. The van der Waals surface area contributed by atoms with Crippen molar-refractivity contribution < 1.29 is 0 Å². The second kappa shape index (κ2) is 7.59. The summed E-state index contributed by atoms with van der Waals surface area (Å²) < 4.78 is 0. The maximum Gasteiger partial charge on any atom is 0.229 e. The van der Waals surface area contributed by atoms with Crippen molar-refractivity contribution in [2.45, 2.75) is 26.3 Å². The largest absolute Gasteiger partial charge is 0.366 e. The summed E-state index contributed by atoms with van der Waals surface area (Å²) in [6.07, 6.45) is 1.76. The fourth-order valence-electron chi connectivity index (χ4n) is 2.54. The molecule has 0 aliphatic rings. The molecule has 0 amide bonds. The SMILES string of the molecule is CC(C)c1ccccc1Nc1nccc(NCc2ccccc2)n1. The number of nitrogens with zero attached hydrogens (tertiary/aromatic N) is 2. The molecule has 0 saturated heterocycles. The van der Waals surface area contributed by atoms with Gasteiger partial charge in [-0.15, -0.1) is 0 Å². The fraction of sp³-hybridized carbons (Fsp3) is 0.200. The van der Waals surface area contributed by atoms with Crippen molar-refractivity contribution in [3.8, 4) is 0 Å². The van der Waals surface area contributed by atoms with E-state index in [1.54, 1.807) is 6.20 Å². The number of hydrogen-bond acceptors (Lipinski definition) is 4. The van der Waals surface area contributed by atoms with E-state index in [1.165, 1.54) is 11.1 Å². The van der Waals surface area contributed by atoms with Crippen molar-refractivity contribution in [3.63, 3.8) is 0 Å². The van der Waals surface area contributed by atoms with Crippen molar-refractivity contribution in [1.29, 1.82) is 0 Å². The Balaban J connectivity index is 1.72. The lowest BCUT2D eigenvalue weighted by atomic mass is 10.0. The van der Waals surface area contributed by atoms with Crippen LogP contribution in [-0.2, 0) is 6.54 Å². The number of hydrogen-bond donors (Lipinski definition) is 2. The zero-order valence-electron chi connectivity index (χ0n) is 14.0. The van der Waals surface area contributed by atoms with Crippen molar-refractivity contribution in [1.82, 2.24) is 9.97 Å². The molecule has 0 unspecified atom stereocenters. The average molecular weight is 318 g/mol. The normalized spacial score (nSPS) is 10.6. The van der Waals surface area contributed by atoms with Gasteiger partial charge in [0.05, 0.1) is 0 Å². The molecule has 24 heavy (non-hydrogen) atoms. The Bertz CT molecular complexity index is 784. The van der Waals surface area contributed by atoms with Gasteiger partial charge in [-0.2, -0.15) is 4.98 Å². The minimum Gasteiger partial charge on any atom is -0.366 e. The second-order valence-electron chi connectivity index (χ2n) is 5.97. The number of rotatable bonds is 6. The highest BCUT2D eigenvalue weighted by atomic mass is 15.1. The fourth-order valence-corrected chi connectivity index (χ4v) is 2.54. The summed E-state index contributed by atoms with van der Waals surface area (Å²) >= 11 is 0. The van der Waals surface area contributed by atoms with Crippen LogP contribution in [0.2, 0.25) is 0 Å². The van der Waals surface area contributed by atoms with Crippen LogP contribution in [0.15, 0.2) is 66.9 Å². The molecule has 2 aromatic carbocycles. The topological polar surface area (TPSA) is 49.8 Å². The van der Waals surface area contributed by atoms with E-state index in [0.717, 1.165) is 18.1 Å². The molecule has 0 atom stereocenters. The highest BCUT2D eigenvalue weighted by Gasteiger charge is 2.07. The van der Waals surface area contributed by atoms with Gasteiger partial charge in [-0.05, 0) is 29.2 Å². The van der Waals surface area contributed by atoms with Gasteiger partial charge in [0.1, 0.15) is 5.82 Å². The molecular formula is C20H22N4. The van der Waals surface area contributed by atoms with Crippen LogP contribution in [0.4, 0.5) is 17.5 Å². The summed E-state index contributed by atoms with van der Waals surface area (Å²) in [5.74, 6) is 1.84. The number of nitrogens with one attached hydrogen (secondary N) is 2. The molecular weight excluding hydrogens is 296 g/mol. The molecule has 0 aliphatic heterocycles. The van der Waals surface area contributed by atoms with Crippen molar-refractivity contribution >= 4 is 17.5 Å². The van der Waals surface area contributed by atoms with E-state index in [2.05, 4.69) is 64.8 Å². The van der Waals surface area contributed by atoms with Crippen LogP contribution in [0, 0.1) is 0 Å². The standard InChI is InChI=1S/C20H22N4/c1-15(2)17-10-6-7-11-18(17)23-20-21-13-12-19(24-20)22-14-16-8-4-3-5-9-16/h3-13,15H,14H2,1-2H3,(H2,21,22,23,24). The summed E-state index contributed by atoms with van der Waals surface area (Å²) in [5, 5.41) is 6.66. The maximum absolute atomic E-state index is 4.55. The van der Waals surface area contributed by atoms with Gasteiger partial charge in [0, 0.05) is 18.4 Å². The van der Waals surface area contributed by atoms with Crippen molar-refractivity contribution in [3.05, 3.63) is 78.0 Å². The van der Waals surface area contributed by atoms with E-state index in [0.29, 0.717) is 11.9 Å². The number of aromatic nitrogens is 2. The maximum atomic E-state index is 4.55. The number of para-hydroxylation sites is 1. The molecule has 4 heteroatoms. The van der Waals surface area contributed by atoms with E-state index < -0.39 is 0 Å². The molecule has 3 rings (SSSR count). The number of anilines is 3. The highest BCUT2D eigenvalue weighted by Crippen LogP contribution is 2.25. The van der Waals surface area contributed by atoms with E-state index >= 15 is 0 Å². The van der Waals surface area contributed by atoms with Crippen LogP contribution in [0.25, 0.3) is 0 Å². The molecule has 1 aromatic heterocycles. The summed E-state index contributed by atoms with van der Waals surface area (Å²) in [6.45, 7) is 5.10. The smallest absolute Gasteiger partial charge is 0.229 e. The van der Waals surface area contributed by atoms with Gasteiger partial charge in [-0.25, -0.2) is 4.98 Å².